The molecule has 1 saturated carbocycles. The minimum absolute atomic E-state index is 0.424. The van der Waals surface area contributed by atoms with Crippen LogP contribution in [0.1, 0.15) is 53.1 Å². The Hall–Kier alpha value is -0.450. The Morgan fingerprint density at radius 2 is 1.94 bits per heavy atom. The molecule has 2 aliphatic rings. The summed E-state index contributed by atoms with van der Waals surface area (Å²) < 4.78 is 5.41. The first kappa shape index (κ1) is 11.6. The van der Waals surface area contributed by atoms with E-state index in [1.807, 2.05) is 11.3 Å². The minimum Gasteiger partial charge on any atom is -0.381 e. The molecule has 1 aliphatic carbocycles. The number of aryl methyl sites for hydroxylation is 1. The lowest BCUT2D eigenvalue weighted by atomic mass is 9.79. The van der Waals surface area contributed by atoms with Crippen molar-refractivity contribution in [1.29, 1.82) is 0 Å². The Labute approximate surface area is 106 Å². The van der Waals surface area contributed by atoms with Crippen molar-refractivity contribution in [3.8, 4) is 0 Å². The average Bonchev–Trinajstić information content (AvgIpc) is 2.68. The lowest BCUT2D eigenvalue weighted by Crippen LogP contribution is -2.34. The Balaban J connectivity index is 1.75. The van der Waals surface area contributed by atoms with Gasteiger partial charge in [0.05, 0.1) is 10.7 Å². The molecular weight excluding hydrogens is 232 g/mol. The first-order chi connectivity index (χ1) is 8.24. The number of nitrogens with zero attached hydrogens (tertiary/aromatic N) is 1. The molecular formula is C13H20N2OS. The molecule has 0 aromatic carbocycles. The SMILES string of the molecule is Cc1nc(C2CCOCC2)sc1C1CC(N)C1. The van der Waals surface area contributed by atoms with Crippen LogP contribution in [0.5, 0.6) is 0 Å². The largest absolute Gasteiger partial charge is 0.381 e. The van der Waals surface area contributed by atoms with Gasteiger partial charge in [0, 0.05) is 30.1 Å². The molecule has 0 bridgehead atoms. The van der Waals surface area contributed by atoms with E-state index in [1.54, 1.807) is 0 Å². The van der Waals surface area contributed by atoms with Gasteiger partial charge in [-0.15, -0.1) is 11.3 Å². The fourth-order valence-electron chi connectivity index (χ4n) is 2.80. The van der Waals surface area contributed by atoms with Crippen LogP contribution in [0.15, 0.2) is 0 Å². The maximum Gasteiger partial charge on any atom is 0.0963 e. The van der Waals surface area contributed by atoms with Crippen molar-refractivity contribution in [3.05, 3.63) is 15.6 Å². The van der Waals surface area contributed by atoms with Crippen LogP contribution in [0.4, 0.5) is 0 Å². The van der Waals surface area contributed by atoms with Crippen molar-refractivity contribution in [2.24, 2.45) is 5.73 Å². The van der Waals surface area contributed by atoms with Gasteiger partial charge < -0.3 is 10.5 Å². The number of aromatic nitrogens is 1. The predicted octanol–water partition coefficient (Wildman–Crippen LogP) is 2.55. The molecule has 1 saturated heterocycles. The van der Waals surface area contributed by atoms with Crippen molar-refractivity contribution >= 4 is 11.3 Å². The Kier molecular flexibility index (Phi) is 3.19. The van der Waals surface area contributed by atoms with E-state index in [2.05, 4.69) is 6.92 Å². The van der Waals surface area contributed by atoms with Crippen molar-refractivity contribution in [2.75, 3.05) is 13.2 Å². The van der Waals surface area contributed by atoms with Crippen molar-refractivity contribution in [2.45, 2.75) is 50.5 Å². The van der Waals surface area contributed by atoms with E-state index < -0.39 is 0 Å². The molecule has 2 N–H and O–H groups in total. The maximum atomic E-state index is 5.87. The standard InChI is InChI=1S/C13H20N2OS/c1-8-12(10-6-11(14)7-10)17-13(15-8)9-2-4-16-5-3-9/h9-11H,2-7,14H2,1H3. The molecule has 1 aromatic heterocycles. The Morgan fingerprint density at radius 1 is 1.24 bits per heavy atom. The number of ether oxygens (including phenoxy) is 1. The van der Waals surface area contributed by atoms with Gasteiger partial charge in [0.25, 0.3) is 0 Å². The topological polar surface area (TPSA) is 48.1 Å². The van der Waals surface area contributed by atoms with Crippen LogP contribution < -0.4 is 5.73 Å². The van der Waals surface area contributed by atoms with E-state index >= 15 is 0 Å². The monoisotopic (exact) mass is 252 g/mol. The molecule has 94 valence electrons. The van der Waals surface area contributed by atoms with Crippen LogP contribution in [0.25, 0.3) is 0 Å². The molecule has 0 spiro atoms. The number of thiazole rings is 1. The fraction of sp³-hybridized carbons (Fsp3) is 0.769. The molecule has 17 heavy (non-hydrogen) atoms. The van der Waals surface area contributed by atoms with E-state index in [0.717, 1.165) is 38.9 Å². The molecule has 0 amide bonds. The third-order valence-electron chi connectivity index (χ3n) is 3.96. The van der Waals surface area contributed by atoms with Crippen LogP contribution in [-0.2, 0) is 4.74 Å². The summed E-state index contributed by atoms with van der Waals surface area (Å²) in [5.41, 5.74) is 7.12. The molecule has 4 heteroatoms. The first-order valence-electron chi connectivity index (χ1n) is 6.54. The summed E-state index contributed by atoms with van der Waals surface area (Å²) in [6.45, 7) is 3.94. The zero-order chi connectivity index (χ0) is 11.8. The van der Waals surface area contributed by atoms with E-state index in [4.69, 9.17) is 15.5 Å². The van der Waals surface area contributed by atoms with Gasteiger partial charge >= 0.3 is 0 Å². The molecule has 0 unspecified atom stereocenters. The Bertz CT molecular complexity index is 392. The molecule has 1 aliphatic heterocycles. The van der Waals surface area contributed by atoms with E-state index in [9.17, 15) is 0 Å². The quantitative estimate of drug-likeness (QED) is 0.880. The zero-order valence-electron chi connectivity index (χ0n) is 10.3. The van der Waals surface area contributed by atoms with Crippen molar-refractivity contribution in [1.82, 2.24) is 4.98 Å². The highest BCUT2D eigenvalue weighted by atomic mass is 32.1. The van der Waals surface area contributed by atoms with Gasteiger partial charge in [0.15, 0.2) is 0 Å². The normalized spacial score (nSPS) is 30.2. The second kappa shape index (κ2) is 4.67. The fourth-order valence-corrected chi connectivity index (χ4v) is 4.17. The Morgan fingerprint density at radius 3 is 2.59 bits per heavy atom. The molecule has 2 fully saturated rings. The smallest absolute Gasteiger partial charge is 0.0963 e. The molecule has 3 nitrogen and oxygen atoms in total. The summed E-state index contributed by atoms with van der Waals surface area (Å²) in [5.74, 6) is 1.33. The van der Waals surface area contributed by atoms with E-state index in [0.29, 0.717) is 17.9 Å². The molecule has 3 rings (SSSR count). The highest BCUT2D eigenvalue weighted by Gasteiger charge is 2.31. The summed E-state index contributed by atoms with van der Waals surface area (Å²) in [6, 6.07) is 0.424. The van der Waals surface area contributed by atoms with Gasteiger partial charge in [-0.3, -0.25) is 0 Å². The maximum absolute atomic E-state index is 5.87. The van der Waals surface area contributed by atoms with E-state index in [-0.39, 0.29) is 0 Å². The van der Waals surface area contributed by atoms with Gasteiger partial charge in [0.2, 0.25) is 0 Å². The van der Waals surface area contributed by atoms with Crippen molar-refractivity contribution < 1.29 is 4.74 Å². The molecule has 2 heterocycles. The van der Waals surface area contributed by atoms with Gasteiger partial charge in [0.1, 0.15) is 0 Å². The predicted molar refractivity (Wildman–Crippen MR) is 69.6 cm³/mol. The van der Waals surface area contributed by atoms with Crippen LogP contribution >= 0.6 is 11.3 Å². The summed E-state index contributed by atoms with van der Waals surface area (Å²) in [5, 5.41) is 1.33. The van der Waals surface area contributed by atoms with Crippen LogP contribution in [-0.4, -0.2) is 24.2 Å². The molecule has 0 radical (unpaired) electrons. The second-order valence-corrected chi connectivity index (χ2v) is 6.38. The second-order valence-electron chi connectivity index (χ2n) is 5.32. The number of hydrogen-bond donors (Lipinski definition) is 1. The highest BCUT2D eigenvalue weighted by molar-refractivity contribution is 7.12. The van der Waals surface area contributed by atoms with Gasteiger partial charge in [-0.2, -0.15) is 0 Å². The highest BCUT2D eigenvalue weighted by Crippen LogP contribution is 2.42. The average molecular weight is 252 g/mol. The lowest BCUT2D eigenvalue weighted by molar-refractivity contribution is 0.0852. The van der Waals surface area contributed by atoms with E-state index in [1.165, 1.54) is 15.6 Å². The zero-order valence-corrected chi connectivity index (χ0v) is 11.1. The van der Waals surface area contributed by atoms with Gasteiger partial charge in [-0.25, -0.2) is 4.98 Å². The van der Waals surface area contributed by atoms with Gasteiger partial charge in [-0.1, -0.05) is 0 Å². The lowest BCUT2D eigenvalue weighted by Gasteiger charge is -2.31. The number of hydrogen-bond acceptors (Lipinski definition) is 4. The summed E-state index contributed by atoms with van der Waals surface area (Å²) in [4.78, 5) is 6.28. The summed E-state index contributed by atoms with van der Waals surface area (Å²) in [7, 11) is 0. The number of nitrogens with two attached hydrogens (primary N) is 1. The van der Waals surface area contributed by atoms with Crippen LogP contribution in [0, 0.1) is 6.92 Å². The minimum atomic E-state index is 0.424. The van der Waals surface area contributed by atoms with Crippen molar-refractivity contribution in [3.63, 3.8) is 0 Å². The summed E-state index contributed by atoms with van der Waals surface area (Å²) >= 11 is 1.93. The first-order valence-corrected chi connectivity index (χ1v) is 7.36. The third kappa shape index (κ3) is 2.26. The summed E-state index contributed by atoms with van der Waals surface area (Å²) in [6.07, 6.45) is 4.57. The van der Waals surface area contributed by atoms with Crippen LogP contribution in [0.3, 0.4) is 0 Å². The van der Waals surface area contributed by atoms with Crippen LogP contribution in [0.2, 0.25) is 0 Å². The number of rotatable bonds is 2. The third-order valence-corrected chi connectivity index (χ3v) is 5.45. The molecule has 1 aromatic rings. The van der Waals surface area contributed by atoms with Gasteiger partial charge in [-0.05, 0) is 38.5 Å². The molecule has 0 atom stereocenters.